The van der Waals surface area contributed by atoms with Crippen molar-refractivity contribution in [3.63, 3.8) is 0 Å². The monoisotopic (exact) mass is 448 g/mol. The van der Waals surface area contributed by atoms with Gasteiger partial charge in [-0.2, -0.15) is 0 Å². The second-order valence-corrected chi connectivity index (χ2v) is 7.73. The summed E-state index contributed by atoms with van der Waals surface area (Å²) in [7, 11) is 0. The number of unbranched alkanes of at least 4 members (excludes halogenated alkanes) is 2. The fourth-order valence-electron chi connectivity index (χ4n) is 3.21. The SMILES string of the molecule is CCCCCC(=O)NN1C(=S)N(CC)C(=O)C1CC(=O)Nc1ccc(OCCC)cc1. The average molecular weight is 449 g/mol. The van der Waals surface area contributed by atoms with Gasteiger partial charge >= 0.3 is 0 Å². The van der Waals surface area contributed by atoms with E-state index in [2.05, 4.69) is 17.7 Å². The van der Waals surface area contributed by atoms with E-state index in [0.29, 0.717) is 25.3 Å². The van der Waals surface area contributed by atoms with E-state index in [0.717, 1.165) is 31.4 Å². The minimum Gasteiger partial charge on any atom is -0.494 e. The molecule has 1 aromatic carbocycles. The number of nitrogens with one attached hydrogen (secondary N) is 2. The first kappa shape index (κ1) is 24.6. The first-order valence-corrected chi connectivity index (χ1v) is 11.3. The molecule has 1 aliphatic rings. The van der Waals surface area contributed by atoms with Crippen LogP contribution >= 0.6 is 12.2 Å². The van der Waals surface area contributed by atoms with E-state index >= 15 is 0 Å². The maximum Gasteiger partial charge on any atom is 0.254 e. The summed E-state index contributed by atoms with van der Waals surface area (Å²) >= 11 is 5.37. The zero-order valence-corrected chi connectivity index (χ0v) is 19.3. The van der Waals surface area contributed by atoms with Crippen molar-refractivity contribution in [2.24, 2.45) is 0 Å². The minimum atomic E-state index is -0.866. The van der Waals surface area contributed by atoms with Gasteiger partial charge in [-0.1, -0.05) is 26.7 Å². The molecule has 0 saturated carbocycles. The van der Waals surface area contributed by atoms with Crippen molar-refractivity contribution < 1.29 is 19.1 Å². The van der Waals surface area contributed by atoms with Crippen molar-refractivity contribution in [2.75, 3.05) is 18.5 Å². The number of ether oxygens (including phenoxy) is 1. The number of anilines is 1. The summed E-state index contributed by atoms with van der Waals surface area (Å²) in [4.78, 5) is 39.1. The fourth-order valence-corrected chi connectivity index (χ4v) is 3.60. The lowest BCUT2D eigenvalue weighted by Gasteiger charge is -2.24. The molecule has 170 valence electrons. The van der Waals surface area contributed by atoms with Crippen LogP contribution in [0.25, 0.3) is 0 Å². The molecule has 1 saturated heterocycles. The van der Waals surface area contributed by atoms with Gasteiger partial charge < -0.3 is 10.1 Å². The van der Waals surface area contributed by atoms with Gasteiger partial charge in [-0.3, -0.25) is 24.7 Å². The van der Waals surface area contributed by atoms with Crippen molar-refractivity contribution in [1.29, 1.82) is 0 Å². The number of hydrazine groups is 1. The van der Waals surface area contributed by atoms with Gasteiger partial charge in [-0.25, -0.2) is 5.01 Å². The Balaban J connectivity index is 2.01. The average Bonchev–Trinajstić information content (AvgIpc) is 2.96. The lowest BCUT2D eigenvalue weighted by molar-refractivity contribution is -0.132. The Hall–Kier alpha value is -2.68. The zero-order valence-electron chi connectivity index (χ0n) is 18.5. The molecule has 0 aliphatic carbocycles. The quantitative estimate of drug-likeness (QED) is 0.377. The number of nitrogens with zero attached hydrogens (tertiary/aromatic N) is 2. The Bertz CT molecular complexity index is 784. The van der Waals surface area contributed by atoms with Crippen LogP contribution in [0.2, 0.25) is 0 Å². The summed E-state index contributed by atoms with van der Waals surface area (Å²) in [6.45, 7) is 6.89. The second-order valence-electron chi connectivity index (χ2n) is 7.37. The number of thiocarbonyl (C=S) groups is 1. The van der Waals surface area contributed by atoms with Crippen LogP contribution in [0.15, 0.2) is 24.3 Å². The molecular weight excluding hydrogens is 416 g/mol. The molecule has 9 heteroatoms. The van der Waals surface area contributed by atoms with Crippen molar-refractivity contribution >= 4 is 40.7 Å². The van der Waals surface area contributed by atoms with E-state index < -0.39 is 6.04 Å². The number of rotatable bonds is 12. The predicted molar refractivity (Wildman–Crippen MR) is 123 cm³/mol. The van der Waals surface area contributed by atoms with Crippen LogP contribution in [0.4, 0.5) is 5.69 Å². The molecule has 2 rings (SSSR count). The highest BCUT2D eigenvalue weighted by Gasteiger charge is 2.43. The Morgan fingerprint density at radius 2 is 1.77 bits per heavy atom. The molecule has 1 aliphatic heterocycles. The van der Waals surface area contributed by atoms with E-state index in [9.17, 15) is 14.4 Å². The molecule has 1 atom stereocenters. The standard InChI is InChI=1S/C22H32N4O4S/c1-4-7-8-9-19(27)24-26-18(21(29)25(6-3)22(26)31)15-20(28)23-16-10-12-17(13-11-16)30-14-5-2/h10-13,18H,4-9,14-15H2,1-3H3,(H,23,28)(H,24,27). The molecule has 31 heavy (non-hydrogen) atoms. The Morgan fingerprint density at radius 1 is 1.06 bits per heavy atom. The molecule has 0 radical (unpaired) electrons. The molecule has 0 spiro atoms. The zero-order chi connectivity index (χ0) is 22.8. The van der Waals surface area contributed by atoms with Crippen molar-refractivity contribution in [3.05, 3.63) is 24.3 Å². The first-order valence-electron chi connectivity index (χ1n) is 10.9. The summed E-state index contributed by atoms with van der Waals surface area (Å²) in [5.74, 6) is -0.118. The molecular formula is C22H32N4O4S. The number of likely N-dealkylation sites (N-methyl/N-ethyl adjacent to an activating group) is 1. The summed E-state index contributed by atoms with van der Waals surface area (Å²) in [6.07, 6.45) is 3.85. The van der Waals surface area contributed by atoms with E-state index in [4.69, 9.17) is 17.0 Å². The highest BCUT2D eigenvalue weighted by atomic mass is 32.1. The van der Waals surface area contributed by atoms with E-state index in [1.807, 2.05) is 6.92 Å². The number of carbonyl (C=O) groups is 3. The van der Waals surface area contributed by atoms with Crippen LogP contribution in [0.3, 0.4) is 0 Å². The highest BCUT2D eigenvalue weighted by molar-refractivity contribution is 7.80. The van der Waals surface area contributed by atoms with Crippen LogP contribution < -0.4 is 15.5 Å². The summed E-state index contributed by atoms with van der Waals surface area (Å²) in [5.41, 5.74) is 3.32. The maximum atomic E-state index is 12.8. The van der Waals surface area contributed by atoms with Gasteiger partial charge in [0, 0.05) is 18.7 Å². The Labute approximate surface area is 189 Å². The third-order valence-electron chi connectivity index (χ3n) is 4.86. The topological polar surface area (TPSA) is 91.0 Å². The van der Waals surface area contributed by atoms with E-state index in [1.54, 1.807) is 31.2 Å². The van der Waals surface area contributed by atoms with Crippen LogP contribution in [-0.2, 0) is 14.4 Å². The summed E-state index contributed by atoms with van der Waals surface area (Å²) in [6, 6.07) is 6.19. The van der Waals surface area contributed by atoms with Crippen LogP contribution in [0.5, 0.6) is 5.75 Å². The summed E-state index contributed by atoms with van der Waals surface area (Å²) < 4.78 is 5.53. The fraction of sp³-hybridized carbons (Fsp3) is 0.545. The van der Waals surface area contributed by atoms with Gasteiger partial charge in [-0.15, -0.1) is 0 Å². The number of carbonyl (C=O) groups excluding carboxylic acids is 3. The molecule has 1 heterocycles. The predicted octanol–water partition coefficient (Wildman–Crippen LogP) is 3.23. The largest absolute Gasteiger partial charge is 0.494 e. The molecule has 2 N–H and O–H groups in total. The number of amides is 3. The van der Waals surface area contributed by atoms with Gasteiger partial charge in [-0.05, 0) is 56.2 Å². The van der Waals surface area contributed by atoms with Gasteiger partial charge in [0.1, 0.15) is 11.8 Å². The van der Waals surface area contributed by atoms with Gasteiger partial charge in [0.25, 0.3) is 5.91 Å². The minimum absolute atomic E-state index is 0.126. The lowest BCUT2D eigenvalue weighted by Crippen LogP contribution is -2.49. The lowest BCUT2D eigenvalue weighted by atomic mass is 10.1. The van der Waals surface area contributed by atoms with Crippen molar-refractivity contribution in [2.45, 2.75) is 65.3 Å². The molecule has 1 aromatic rings. The van der Waals surface area contributed by atoms with E-state index in [1.165, 1.54) is 9.91 Å². The van der Waals surface area contributed by atoms with Gasteiger partial charge in [0.15, 0.2) is 5.11 Å². The normalized spacial score (nSPS) is 15.9. The second kappa shape index (κ2) is 12.2. The maximum absolute atomic E-state index is 12.8. The Kier molecular flexibility index (Phi) is 9.71. The number of hydrogen-bond donors (Lipinski definition) is 2. The smallest absolute Gasteiger partial charge is 0.254 e. The molecule has 0 aromatic heterocycles. The third kappa shape index (κ3) is 6.92. The van der Waals surface area contributed by atoms with Crippen molar-refractivity contribution in [1.82, 2.24) is 15.3 Å². The van der Waals surface area contributed by atoms with E-state index in [-0.39, 0.29) is 29.3 Å². The number of benzene rings is 1. The Morgan fingerprint density at radius 3 is 2.39 bits per heavy atom. The van der Waals surface area contributed by atoms with Crippen LogP contribution in [-0.4, -0.2) is 51.9 Å². The molecule has 3 amide bonds. The molecule has 1 unspecified atom stereocenters. The van der Waals surface area contributed by atoms with Crippen molar-refractivity contribution in [3.8, 4) is 5.75 Å². The molecule has 1 fully saturated rings. The molecule has 8 nitrogen and oxygen atoms in total. The summed E-state index contributed by atoms with van der Waals surface area (Å²) in [5, 5.41) is 4.36. The highest BCUT2D eigenvalue weighted by Crippen LogP contribution is 2.21. The first-order chi connectivity index (χ1) is 14.9. The van der Waals surface area contributed by atoms with Gasteiger partial charge in [0.05, 0.1) is 13.0 Å². The van der Waals surface area contributed by atoms with Crippen LogP contribution in [0.1, 0.15) is 59.3 Å². The number of hydrogen-bond acceptors (Lipinski definition) is 5. The third-order valence-corrected chi connectivity index (χ3v) is 5.28. The van der Waals surface area contributed by atoms with Gasteiger partial charge in [0.2, 0.25) is 11.8 Å². The molecule has 0 bridgehead atoms. The van der Waals surface area contributed by atoms with Crippen LogP contribution in [0, 0.1) is 0 Å².